The lowest BCUT2D eigenvalue weighted by Crippen LogP contribution is -2.35. The smallest absolute Gasteiger partial charge is 0.410 e. The van der Waals surface area contributed by atoms with Gasteiger partial charge in [0.1, 0.15) is 11.6 Å². The van der Waals surface area contributed by atoms with Crippen LogP contribution in [0.15, 0.2) is 43.9 Å². The third-order valence-corrected chi connectivity index (χ3v) is 6.54. The van der Waals surface area contributed by atoms with Crippen LogP contribution in [0.3, 0.4) is 0 Å². The molecule has 2 N–H and O–H groups in total. The Hall–Kier alpha value is -1.69. The number of benzene rings is 1. The molecule has 1 aromatic carbocycles. The second-order valence-corrected chi connectivity index (χ2v) is 9.06. The van der Waals surface area contributed by atoms with Crippen LogP contribution >= 0.6 is 55.1 Å². The number of fused-ring (bicyclic) bond motifs is 1. The Morgan fingerprint density at radius 1 is 1.23 bits per heavy atom. The summed E-state index contributed by atoms with van der Waals surface area (Å²) in [6.07, 6.45) is -4.96. The van der Waals surface area contributed by atoms with Crippen LogP contribution in [0.1, 0.15) is 34.8 Å². The van der Waals surface area contributed by atoms with Gasteiger partial charge in [-0.25, -0.2) is 4.68 Å². The molecule has 0 aliphatic carbocycles. The van der Waals surface area contributed by atoms with Crippen LogP contribution in [-0.4, -0.2) is 21.9 Å². The number of anilines is 2. The molecule has 4 rings (SSSR count). The third-order valence-electron chi connectivity index (χ3n) is 4.63. The summed E-state index contributed by atoms with van der Waals surface area (Å²) >= 11 is 18.2. The predicted molar refractivity (Wildman–Crippen MR) is 117 cm³/mol. The van der Waals surface area contributed by atoms with E-state index in [-0.39, 0.29) is 27.4 Å². The largest absolute Gasteiger partial charge is 0.452 e. The maximum Gasteiger partial charge on any atom is 0.410 e. The van der Waals surface area contributed by atoms with E-state index in [0.29, 0.717) is 21.1 Å². The molecule has 3 aromatic rings. The molecule has 0 radical (unpaired) electrons. The van der Waals surface area contributed by atoms with E-state index in [0.717, 1.165) is 4.68 Å². The quantitative estimate of drug-likeness (QED) is 0.332. The van der Waals surface area contributed by atoms with E-state index in [1.54, 1.807) is 12.1 Å². The van der Waals surface area contributed by atoms with Gasteiger partial charge in [0.2, 0.25) is 0 Å². The molecule has 2 aromatic heterocycles. The number of halogens is 7. The summed E-state index contributed by atoms with van der Waals surface area (Å²) in [7, 11) is 0. The van der Waals surface area contributed by atoms with Crippen LogP contribution in [0, 0.1) is 0 Å². The van der Waals surface area contributed by atoms with Crippen molar-refractivity contribution in [3.8, 4) is 0 Å². The van der Waals surface area contributed by atoms with Crippen LogP contribution in [0.25, 0.3) is 0 Å². The molecular weight excluding hydrogens is 592 g/mol. The molecule has 31 heavy (non-hydrogen) atoms. The molecule has 3 heterocycles. The molecule has 6 nitrogen and oxygen atoms in total. The lowest BCUT2D eigenvalue weighted by molar-refractivity contribution is -0.174. The van der Waals surface area contributed by atoms with E-state index < -0.39 is 24.2 Å². The van der Waals surface area contributed by atoms with E-state index in [9.17, 15) is 18.0 Å². The Balaban J connectivity index is 1.69. The number of carbonyl (C=O) groups is 1. The fraction of sp³-hybridized carbons (Fsp3) is 0.222. The number of amides is 1. The molecule has 0 unspecified atom stereocenters. The van der Waals surface area contributed by atoms with Gasteiger partial charge in [-0.05, 0) is 62.2 Å². The highest BCUT2D eigenvalue weighted by atomic mass is 79.9. The number of nitrogens with zero attached hydrogens (tertiary/aromatic N) is 2. The Morgan fingerprint density at radius 2 is 1.97 bits per heavy atom. The summed E-state index contributed by atoms with van der Waals surface area (Å²) in [5, 5.41) is 9.99. The van der Waals surface area contributed by atoms with Crippen molar-refractivity contribution in [2.45, 2.75) is 24.7 Å². The molecule has 13 heteroatoms. The van der Waals surface area contributed by atoms with Crippen LogP contribution in [-0.2, 0) is 0 Å². The molecule has 0 bridgehead atoms. The normalized spacial score (nSPS) is 18.4. The minimum Gasteiger partial charge on any atom is -0.452 e. The SMILES string of the molecule is O=C(Nc1ccc(Cl)c(Cl)c1)c1nn2c(c1Br)N[C@@H](c1ccc(Br)o1)C[C@H]2C(F)(F)F. The van der Waals surface area contributed by atoms with E-state index in [1.807, 2.05) is 0 Å². The third kappa shape index (κ3) is 4.46. The number of rotatable bonds is 3. The first kappa shape index (κ1) is 22.5. The molecule has 0 saturated carbocycles. The number of carbonyl (C=O) groups excluding carboxylic acids is 1. The minimum atomic E-state index is -4.60. The van der Waals surface area contributed by atoms with Gasteiger partial charge in [-0.15, -0.1) is 0 Å². The molecule has 0 saturated heterocycles. The molecule has 1 aliphatic rings. The number of hydrogen-bond donors (Lipinski definition) is 2. The highest BCUT2D eigenvalue weighted by Crippen LogP contribution is 2.46. The van der Waals surface area contributed by atoms with Crippen molar-refractivity contribution >= 4 is 72.5 Å². The van der Waals surface area contributed by atoms with E-state index >= 15 is 0 Å². The Morgan fingerprint density at radius 3 is 2.58 bits per heavy atom. The van der Waals surface area contributed by atoms with Crippen molar-refractivity contribution in [3.63, 3.8) is 0 Å². The van der Waals surface area contributed by atoms with E-state index in [1.165, 1.54) is 18.2 Å². The Labute approximate surface area is 200 Å². The fourth-order valence-electron chi connectivity index (χ4n) is 3.20. The van der Waals surface area contributed by atoms with Gasteiger partial charge in [0, 0.05) is 12.1 Å². The average molecular weight is 603 g/mol. The second-order valence-electron chi connectivity index (χ2n) is 6.67. The molecule has 164 valence electrons. The second kappa shape index (κ2) is 8.34. The zero-order chi connectivity index (χ0) is 22.5. The van der Waals surface area contributed by atoms with Crippen molar-refractivity contribution < 1.29 is 22.4 Å². The summed E-state index contributed by atoms with van der Waals surface area (Å²) < 4.78 is 48.1. The molecule has 0 fully saturated rings. The van der Waals surface area contributed by atoms with Crippen LogP contribution in [0.5, 0.6) is 0 Å². The lowest BCUT2D eigenvalue weighted by Gasteiger charge is -2.32. The Bertz CT molecular complexity index is 1170. The molecular formula is C18H11Br2Cl2F3N4O2. The van der Waals surface area contributed by atoms with Gasteiger partial charge >= 0.3 is 6.18 Å². The van der Waals surface area contributed by atoms with Gasteiger partial charge in [-0.2, -0.15) is 18.3 Å². The first-order valence-corrected chi connectivity index (χ1v) is 11.0. The number of aromatic nitrogens is 2. The van der Waals surface area contributed by atoms with Crippen molar-refractivity contribution in [1.29, 1.82) is 0 Å². The van der Waals surface area contributed by atoms with Crippen molar-refractivity contribution in [2.75, 3.05) is 10.6 Å². The van der Waals surface area contributed by atoms with Gasteiger partial charge in [0.25, 0.3) is 5.91 Å². The molecule has 2 atom stereocenters. The number of nitrogens with one attached hydrogen (secondary N) is 2. The molecule has 1 aliphatic heterocycles. The number of furan rings is 1. The van der Waals surface area contributed by atoms with Crippen molar-refractivity contribution in [2.24, 2.45) is 0 Å². The maximum absolute atomic E-state index is 13.8. The van der Waals surface area contributed by atoms with Crippen LogP contribution in [0.2, 0.25) is 10.0 Å². The average Bonchev–Trinajstić information content (AvgIpc) is 3.27. The van der Waals surface area contributed by atoms with Crippen LogP contribution in [0.4, 0.5) is 24.7 Å². The number of hydrogen-bond acceptors (Lipinski definition) is 4. The molecule has 0 spiro atoms. The molecule has 1 amide bonds. The van der Waals surface area contributed by atoms with Gasteiger partial charge in [0.15, 0.2) is 16.4 Å². The summed E-state index contributed by atoms with van der Waals surface area (Å²) in [6.45, 7) is 0. The first-order chi connectivity index (χ1) is 14.5. The standard InChI is InChI=1S/C18H11Br2Cl2F3N4O2/c19-13-4-3-11(31-13)10-6-12(18(23,24)25)29-16(27-10)14(20)15(28-29)17(30)26-7-1-2-8(21)9(22)5-7/h1-5,10,12,27H,6H2,(H,26,30)/t10-,12+/m1/s1. The van der Waals surface area contributed by atoms with Gasteiger partial charge in [0.05, 0.1) is 20.6 Å². The fourth-order valence-corrected chi connectivity index (χ4v) is 4.37. The highest BCUT2D eigenvalue weighted by Gasteiger charge is 2.48. The summed E-state index contributed by atoms with van der Waals surface area (Å²) in [4.78, 5) is 12.7. The topological polar surface area (TPSA) is 72.1 Å². The van der Waals surface area contributed by atoms with Gasteiger partial charge < -0.3 is 15.1 Å². The summed E-state index contributed by atoms with van der Waals surface area (Å²) in [6, 6.07) is 4.86. The zero-order valence-corrected chi connectivity index (χ0v) is 19.8. The minimum absolute atomic E-state index is 0.0189. The summed E-state index contributed by atoms with van der Waals surface area (Å²) in [5.41, 5.74) is 0.0972. The number of alkyl halides is 3. The first-order valence-electron chi connectivity index (χ1n) is 8.67. The van der Waals surface area contributed by atoms with Gasteiger partial charge in [-0.3, -0.25) is 4.79 Å². The maximum atomic E-state index is 13.8. The van der Waals surface area contributed by atoms with Crippen molar-refractivity contribution in [3.05, 3.63) is 61.0 Å². The summed E-state index contributed by atoms with van der Waals surface area (Å²) in [5.74, 6) is -0.375. The van der Waals surface area contributed by atoms with E-state index in [4.69, 9.17) is 27.6 Å². The van der Waals surface area contributed by atoms with Gasteiger partial charge in [-0.1, -0.05) is 23.2 Å². The highest BCUT2D eigenvalue weighted by molar-refractivity contribution is 9.10. The monoisotopic (exact) mass is 600 g/mol. The zero-order valence-electron chi connectivity index (χ0n) is 15.1. The van der Waals surface area contributed by atoms with Crippen LogP contribution < -0.4 is 10.6 Å². The lowest BCUT2D eigenvalue weighted by atomic mass is 10.0. The van der Waals surface area contributed by atoms with Crippen molar-refractivity contribution in [1.82, 2.24) is 9.78 Å². The Kier molecular flexibility index (Phi) is 6.06. The van der Waals surface area contributed by atoms with E-state index in [2.05, 4.69) is 47.6 Å². The predicted octanol–water partition coefficient (Wildman–Crippen LogP) is 7.22.